The summed E-state index contributed by atoms with van der Waals surface area (Å²) < 4.78 is 30.1. The van der Waals surface area contributed by atoms with Crippen molar-refractivity contribution in [2.45, 2.75) is 57.2 Å². The molecule has 3 saturated heterocycles. The number of benzene rings is 2. The average molecular weight is 654 g/mol. The van der Waals surface area contributed by atoms with Gasteiger partial charge in [-0.2, -0.15) is 10.2 Å². The number of ether oxygens (including phenoxy) is 2. The Morgan fingerprint density at radius 1 is 1.10 bits per heavy atom. The van der Waals surface area contributed by atoms with Crippen molar-refractivity contribution in [1.29, 1.82) is 0 Å². The third kappa shape index (κ3) is 5.86. The molecule has 3 aliphatic rings. The second-order valence-corrected chi connectivity index (χ2v) is 13.2. The van der Waals surface area contributed by atoms with Gasteiger partial charge in [-0.15, -0.1) is 0 Å². The number of amides is 2. The zero-order valence-electron chi connectivity index (χ0n) is 27.2. The van der Waals surface area contributed by atoms with Crippen LogP contribution in [0.3, 0.4) is 0 Å². The fourth-order valence-corrected chi connectivity index (χ4v) is 7.21. The van der Waals surface area contributed by atoms with Gasteiger partial charge in [0.1, 0.15) is 31.0 Å². The molecule has 3 N–H and O–H groups in total. The number of nitrogens with one attached hydrogen (secondary N) is 1. The summed E-state index contributed by atoms with van der Waals surface area (Å²) in [5.41, 5.74) is 12.8. The predicted molar refractivity (Wildman–Crippen MR) is 180 cm³/mol. The van der Waals surface area contributed by atoms with Crippen molar-refractivity contribution >= 4 is 28.3 Å². The number of carbonyl (C=O) groups excluding carboxylic acids is 1. The molecule has 0 radical (unpaired) electrons. The first-order chi connectivity index (χ1) is 23.3. The Kier molecular flexibility index (Phi) is 7.97. The Bertz CT molecular complexity index is 1990. The summed E-state index contributed by atoms with van der Waals surface area (Å²) in [5, 5.41) is 12.9. The molecule has 3 aliphatic heterocycles. The molecule has 3 aromatic heterocycles. The van der Waals surface area contributed by atoms with Crippen LogP contribution in [0.1, 0.15) is 41.9 Å². The third-order valence-corrected chi connectivity index (χ3v) is 10.0. The van der Waals surface area contributed by atoms with E-state index in [4.69, 9.17) is 20.3 Å². The van der Waals surface area contributed by atoms with Crippen LogP contribution in [0.15, 0.2) is 55.0 Å². The van der Waals surface area contributed by atoms with Gasteiger partial charge in [-0.1, -0.05) is 18.2 Å². The summed E-state index contributed by atoms with van der Waals surface area (Å²) >= 11 is 0. The number of hydrogen-bond acceptors (Lipinski definition) is 8. The van der Waals surface area contributed by atoms with Crippen molar-refractivity contribution < 1.29 is 18.7 Å². The Hall–Kier alpha value is -4.59. The van der Waals surface area contributed by atoms with Gasteiger partial charge in [0.05, 0.1) is 22.9 Å². The number of fused-ring (bicyclic) bond motifs is 3. The van der Waals surface area contributed by atoms with Crippen LogP contribution >= 0.6 is 0 Å². The standard InChI is InChI=1S/C35H40FN9O3/c1-21-13-24(3-4-25(21)16-37)32-30-15-27(18-45(30)39-20-38-32)47-19-26(36)17-43-10-7-22(8-11-43)23-5-6-28-29(14-23)42(2)41-33(28)44-12-9-31-34(48-31)40-35(44)46/h3-6,13-15,18,20,22,26,31,34H,7-12,16-17,19,37H2,1-2H3,(H,40,46)/t26-,31?,34?/m0/s1. The Morgan fingerprint density at radius 2 is 1.96 bits per heavy atom. The van der Waals surface area contributed by atoms with Gasteiger partial charge in [0.25, 0.3) is 0 Å². The van der Waals surface area contributed by atoms with Crippen molar-refractivity contribution in [2.75, 3.05) is 37.7 Å². The fraction of sp³-hybridized carbons (Fsp3) is 0.429. The van der Waals surface area contributed by atoms with Gasteiger partial charge in [0.15, 0.2) is 12.0 Å². The lowest BCUT2D eigenvalue weighted by Crippen LogP contribution is -2.40. The Labute approximate surface area is 277 Å². The number of alkyl halides is 1. The number of rotatable bonds is 9. The highest BCUT2D eigenvalue weighted by molar-refractivity contribution is 6.01. The lowest BCUT2D eigenvalue weighted by Gasteiger charge is -2.33. The molecular weight excluding hydrogens is 613 g/mol. The molecule has 0 spiro atoms. The normalized spacial score (nSPS) is 20.9. The lowest BCUT2D eigenvalue weighted by atomic mass is 9.89. The van der Waals surface area contributed by atoms with Crippen LogP contribution in [0.5, 0.6) is 5.75 Å². The van der Waals surface area contributed by atoms with E-state index in [1.807, 2.05) is 36.9 Å². The summed E-state index contributed by atoms with van der Waals surface area (Å²) in [7, 11) is 1.92. The summed E-state index contributed by atoms with van der Waals surface area (Å²) in [6, 6.07) is 14.2. The maximum absolute atomic E-state index is 15.2. The van der Waals surface area contributed by atoms with E-state index in [9.17, 15) is 4.79 Å². The van der Waals surface area contributed by atoms with Crippen molar-refractivity contribution in [2.24, 2.45) is 12.8 Å². The minimum Gasteiger partial charge on any atom is -0.489 e. The van der Waals surface area contributed by atoms with Crippen LogP contribution < -0.4 is 20.7 Å². The molecule has 0 saturated carbocycles. The van der Waals surface area contributed by atoms with Gasteiger partial charge in [0.2, 0.25) is 0 Å². The molecule has 12 nitrogen and oxygen atoms in total. The fourth-order valence-electron chi connectivity index (χ4n) is 7.21. The second-order valence-electron chi connectivity index (χ2n) is 13.2. The zero-order valence-corrected chi connectivity index (χ0v) is 27.2. The number of anilines is 1. The zero-order chi connectivity index (χ0) is 32.9. The van der Waals surface area contributed by atoms with E-state index in [0.717, 1.165) is 71.2 Å². The summed E-state index contributed by atoms with van der Waals surface area (Å²) in [6.45, 7) is 5.02. The van der Waals surface area contributed by atoms with Gasteiger partial charge in [0, 0.05) is 43.7 Å². The van der Waals surface area contributed by atoms with E-state index in [-0.39, 0.29) is 25.0 Å². The van der Waals surface area contributed by atoms with E-state index in [1.54, 1.807) is 15.6 Å². The maximum Gasteiger partial charge on any atom is 0.325 e. The number of likely N-dealkylation sites (tertiary alicyclic amines) is 1. The monoisotopic (exact) mass is 653 g/mol. The highest BCUT2D eigenvalue weighted by Gasteiger charge is 2.44. The minimum atomic E-state index is -1.13. The van der Waals surface area contributed by atoms with Gasteiger partial charge >= 0.3 is 6.03 Å². The van der Waals surface area contributed by atoms with E-state index in [2.05, 4.69) is 44.6 Å². The van der Waals surface area contributed by atoms with Crippen LogP contribution in [0.25, 0.3) is 27.7 Å². The number of halogens is 1. The number of nitrogens with two attached hydrogens (primary N) is 1. The molecule has 8 rings (SSSR count). The van der Waals surface area contributed by atoms with Crippen LogP contribution in [-0.4, -0.2) is 86.6 Å². The smallest absolute Gasteiger partial charge is 0.325 e. The van der Waals surface area contributed by atoms with E-state index in [1.165, 1.54) is 11.9 Å². The second kappa shape index (κ2) is 12.5. The number of hydrogen-bond donors (Lipinski definition) is 2. The SMILES string of the molecule is Cc1cc(-c2ncnn3cc(OC[C@@H](F)CN4CCC(c5ccc6c(N7CCC8OC8NC7=O)nn(C)c6c5)CC4)cc23)ccc1CN. The molecule has 13 heteroatoms. The molecule has 3 atom stereocenters. The Morgan fingerprint density at radius 3 is 2.77 bits per heavy atom. The molecule has 2 unspecified atom stereocenters. The first-order valence-corrected chi connectivity index (χ1v) is 16.7. The van der Waals surface area contributed by atoms with Gasteiger partial charge < -0.3 is 25.4 Å². The molecule has 2 amide bonds. The Balaban J connectivity index is 0.865. The molecule has 3 fully saturated rings. The maximum atomic E-state index is 15.2. The van der Waals surface area contributed by atoms with Gasteiger partial charge in [-0.3, -0.25) is 9.58 Å². The largest absolute Gasteiger partial charge is 0.489 e. The number of urea groups is 1. The molecule has 6 heterocycles. The number of piperidine rings is 1. The topological polar surface area (TPSA) is 131 Å². The molecule has 2 aromatic carbocycles. The first kappa shape index (κ1) is 30.7. The number of carbonyl (C=O) groups is 1. The highest BCUT2D eigenvalue weighted by Crippen LogP contribution is 2.35. The van der Waals surface area contributed by atoms with Crippen LogP contribution in [0.2, 0.25) is 0 Å². The lowest BCUT2D eigenvalue weighted by molar-refractivity contribution is 0.120. The van der Waals surface area contributed by atoms with Crippen molar-refractivity contribution in [3.05, 3.63) is 71.7 Å². The molecule has 5 aromatic rings. The minimum absolute atomic E-state index is 0.0350. The van der Waals surface area contributed by atoms with Crippen molar-refractivity contribution in [3.63, 3.8) is 0 Å². The van der Waals surface area contributed by atoms with E-state index in [0.29, 0.717) is 37.1 Å². The van der Waals surface area contributed by atoms with Crippen LogP contribution in [0, 0.1) is 6.92 Å². The van der Waals surface area contributed by atoms with Gasteiger partial charge in [-0.25, -0.2) is 18.7 Å². The molecule has 0 bridgehead atoms. The molecule has 250 valence electrons. The number of epoxide rings is 1. The quantitative estimate of drug-likeness (QED) is 0.225. The predicted octanol–water partition coefficient (Wildman–Crippen LogP) is 4.29. The molecule has 0 aliphatic carbocycles. The summed E-state index contributed by atoms with van der Waals surface area (Å²) in [6.07, 6.45) is 4.76. The number of aryl methyl sites for hydroxylation is 2. The average Bonchev–Trinajstić information content (AvgIpc) is 3.60. The highest BCUT2D eigenvalue weighted by atomic mass is 19.1. The van der Waals surface area contributed by atoms with Gasteiger partial charge in [-0.05, 0) is 80.1 Å². The van der Waals surface area contributed by atoms with Crippen LogP contribution in [0.4, 0.5) is 15.0 Å². The number of aromatic nitrogens is 5. The molecular formula is C35H40FN9O3. The van der Waals surface area contributed by atoms with Crippen LogP contribution in [-0.2, 0) is 18.3 Å². The molecule has 48 heavy (non-hydrogen) atoms. The first-order valence-electron chi connectivity index (χ1n) is 16.7. The summed E-state index contributed by atoms with van der Waals surface area (Å²) in [5.74, 6) is 1.62. The van der Waals surface area contributed by atoms with E-state index < -0.39 is 6.17 Å². The number of nitrogens with zero attached hydrogens (tertiary/aromatic N) is 7. The third-order valence-electron chi connectivity index (χ3n) is 10.0. The van der Waals surface area contributed by atoms with Crippen molar-refractivity contribution in [1.82, 2.24) is 34.6 Å². The van der Waals surface area contributed by atoms with E-state index >= 15 is 4.39 Å². The summed E-state index contributed by atoms with van der Waals surface area (Å²) in [4.78, 5) is 21.2. The van der Waals surface area contributed by atoms with Crippen molar-refractivity contribution in [3.8, 4) is 17.0 Å².